The SMILES string of the molecule is NCc1ccccc1-c1cnc(N)nc1-c1cccnc1. The molecule has 4 N–H and O–H groups in total. The normalized spacial score (nSPS) is 10.5. The van der Waals surface area contributed by atoms with Gasteiger partial charge in [-0.2, -0.15) is 0 Å². The molecular weight excluding hydrogens is 262 g/mol. The van der Waals surface area contributed by atoms with E-state index >= 15 is 0 Å². The maximum atomic E-state index is 5.83. The zero-order valence-electron chi connectivity index (χ0n) is 11.4. The first-order chi connectivity index (χ1) is 10.3. The molecule has 0 bridgehead atoms. The molecule has 104 valence electrons. The van der Waals surface area contributed by atoms with Crippen molar-refractivity contribution in [3.63, 3.8) is 0 Å². The van der Waals surface area contributed by atoms with Gasteiger partial charge >= 0.3 is 0 Å². The quantitative estimate of drug-likeness (QED) is 0.766. The molecule has 2 heterocycles. The van der Waals surface area contributed by atoms with Crippen LogP contribution in [0.25, 0.3) is 22.4 Å². The first-order valence-electron chi connectivity index (χ1n) is 6.61. The van der Waals surface area contributed by atoms with Crippen LogP contribution in [0.5, 0.6) is 0 Å². The fourth-order valence-corrected chi connectivity index (χ4v) is 2.28. The Morgan fingerprint density at radius 3 is 2.57 bits per heavy atom. The molecule has 0 fully saturated rings. The van der Waals surface area contributed by atoms with Gasteiger partial charge in [0.25, 0.3) is 0 Å². The van der Waals surface area contributed by atoms with E-state index in [9.17, 15) is 0 Å². The smallest absolute Gasteiger partial charge is 0.220 e. The summed E-state index contributed by atoms with van der Waals surface area (Å²) in [6, 6.07) is 11.8. The zero-order chi connectivity index (χ0) is 14.7. The Morgan fingerprint density at radius 2 is 1.81 bits per heavy atom. The van der Waals surface area contributed by atoms with Gasteiger partial charge in [-0.05, 0) is 23.3 Å². The van der Waals surface area contributed by atoms with E-state index in [1.165, 1.54) is 0 Å². The molecule has 0 saturated carbocycles. The van der Waals surface area contributed by atoms with Crippen LogP contribution >= 0.6 is 0 Å². The Balaban J connectivity index is 2.24. The van der Waals surface area contributed by atoms with Crippen molar-refractivity contribution in [2.75, 3.05) is 5.73 Å². The highest BCUT2D eigenvalue weighted by atomic mass is 15.0. The van der Waals surface area contributed by atoms with Gasteiger partial charge in [-0.3, -0.25) is 4.98 Å². The van der Waals surface area contributed by atoms with E-state index in [4.69, 9.17) is 11.5 Å². The number of rotatable bonds is 3. The molecule has 0 aliphatic heterocycles. The lowest BCUT2D eigenvalue weighted by Gasteiger charge is -2.12. The summed E-state index contributed by atoms with van der Waals surface area (Å²) in [4.78, 5) is 12.6. The van der Waals surface area contributed by atoms with Gasteiger partial charge in [0.15, 0.2) is 0 Å². The Hall–Kier alpha value is -2.79. The number of aromatic nitrogens is 3. The highest BCUT2D eigenvalue weighted by molar-refractivity contribution is 5.82. The van der Waals surface area contributed by atoms with E-state index in [1.807, 2.05) is 36.4 Å². The average Bonchev–Trinajstić information content (AvgIpc) is 2.55. The molecule has 5 heteroatoms. The van der Waals surface area contributed by atoms with Gasteiger partial charge in [-0.1, -0.05) is 24.3 Å². The van der Waals surface area contributed by atoms with Crippen LogP contribution < -0.4 is 11.5 Å². The van der Waals surface area contributed by atoms with Gasteiger partial charge in [0.05, 0.1) is 5.69 Å². The molecule has 0 spiro atoms. The van der Waals surface area contributed by atoms with Gasteiger partial charge in [-0.15, -0.1) is 0 Å². The van der Waals surface area contributed by atoms with Gasteiger partial charge in [0.1, 0.15) is 0 Å². The molecule has 3 aromatic rings. The highest BCUT2D eigenvalue weighted by Crippen LogP contribution is 2.31. The zero-order valence-corrected chi connectivity index (χ0v) is 11.4. The van der Waals surface area contributed by atoms with Crippen molar-refractivity contribution in [1.29, 1.82) is 0 Å². The predicted molar refractivity (Wildman–Crippen MR) is 83.0 cm³/mol. The molecule has 3 rings (SSSR count). The first kappa shape index (κ1) is 13.2. The van der Waals surface area contributed by atoms with Gasteiger partial charge in [-0.25, -0.2) is 9.97 Å². The third-order valence-electron chi connectivity index (χ3n) is 3.27. The van der Waals surface area contributed by atoms with Crippen molar-refractivity contribution in [1.82, 2.24) is 15.0 Å². The van der Waals surface area contributed by atoms with Crippen molar-refractivity contribution < 1.29 is 0 Å². The Labute approximate surface area is 122 Å². The Bertz CT molecular complexity index is 756. The molecule has 0 atom stereocenters. The number of hydrogen-bond donors (Lipinski definition) is 2. The third-order valence-corrected chi connectivity index (χ3v) is 3.27. The van der Waals surface area contributed by atoms with Crippen LogP contribution in [-0.4, -0.2) is 15.0 Å². The van der Waals surface area contributed by atoms with E-state index in [0.717, 1.165) is 27.9 Å². The van der Waals surface area contributed by atoms with Gasteiger partial charge in [0, 0.05) is 36.3 Å². The first-order valence-corrected chi connectivity index (χ1v) is 6.61. The van der Waals surface area contributed by atoms with Crippen LogP contribution in [0.2, 0.25) is 0 Å². The number of nitrogens with two attached hydrogens (primary N) is 2. The number of hydrogen-bond acceptors (Lipinski definition) is 5. The summed E-state index contributed by atoms with van der Waals surface area (Å²) >= 11 is 0. The fourth-order valence-electron chi connectivity index (χ4n) is 2.28. The lowest BCUT2D eigenvalue weighted by atomic mass is 9.97. The summed E-state index contributed by atoms with van der Waals surface area (Å²) in [5.74, 6) is 0.239. The van der Waals surface area contributed by atoms with Crippen LogP contribution in [0.3, 0.4) is 0 Å². The molecule has 0 saturated heterocycles. The monoisotopic (exact) mass is 277 g/mol. The fraction of sp³-hybridized carbons (Fsp3) is 0.0625. The minimum atomic E-state index is 0.239. The van der Waals surface area contributed by atoms with Gasteiger partial charge < -0.3 is 11.5 Å². The van der Waals surface area contributed by atoms with Crippen molar-refractivity contribution in [3.05, 3.63) is 60.6 Å². The van der Waals surface area contributed by atoms with Crippen LogP contribution in [0.15, 0.2) is 55.0 Å². The largest absolute Gasteiger partial charge is 0.368 e. The second-order valence-corrected chi connectivity index (χ2v) is 4.59. The van der Waals surface area contributed by atoms with Crippen molar-refractivity contribution in [3.8, 4) is 22.4 Å². The molecule has 0 aliphatic rings. The highest BCUT2D eigenvalue weighted by Gasteiger charge is 2.13. The molecule has 2 aromatic heterocycles. The van der Waals surface area contributed by atoms with Crippen molar-refractivity contribution >= 4 is 5.95 Å². The summed E-state index contributed by atoms with van der Waals surface area (Å²) in [6.45, 7) is 0.451. The summed E-state index contributed by atoms with van der Waals surface area (Å²) in [5, 5.41) is 0. The number of nitrogen functional groups attached to an aromatic ring is 1. The van der Waals surface area contributed by atoms with E-state index in [2.05, 4.69) is 15.0 Å². The van der Waals surface area contributed by atoms with E-state index in [1.54, 1.807) is 18.6 Å². The topological polar surface area (TPSA) is 90.7 Å². The third kappa shape index (κ3) is 2.59. The number of pyridine rings is 1. The molecule has 21 heavy (non-hydrogen) atoms. The lowest BCUT2D eigenvalue weighted by molar-refractivity contribution is 1.07. The summed E-state index contributed by atoms with van der Waals surface area (Å²) < 4.78 is 0. The lowest BCUT2D eigenvalue weighted by Crippen LogP contribution is -2.02. The molecular formula is C16H15N5. The average molecular weight is 277 g/mol. The van der Waals surface area contributed by atoms with Crippen LogP contribution in [0, 0.1) is 0 Å². The number of benzene rings is 1. The molecule has 0 unspecified atom stereocenters. The maximum absolute atomic E-state index is 5.83. The maximum Gasteiger partial charge on any atom is 0.220 e. The van der Waals surface area contributed by atoms with Gasteiger partial charge in [0.2, 0.25) is 5.95 Å². The van der Waals surface area contributed by atoms with Crippen molar-refractivity contribution in [2.45, 2.75) is 6.54 Å². The van der Waals surface area contributed by atoms with E-state index in [-0.39, 0.29) is 5.95 Å². The minimum absolute atomic E-state index is 0.239. The van der Waals surface area contributed by atoms with Crippen molar-refractivity contribution in [2.24, 2.45) is 5.73 Å². The second-order valence-electron chi connectivity index (χ2n) is 4.59. The minimum Gasteiger partial charge on any atom is -0.368 e. The van der Waals surface area contributed by atoms with E-state index in [0.29, 0.717) is 6.54 Å². The second kappa shape index (κ2) is 5.68. The number of nitrogens with zero attached hydrogens (tertiary/aromatic N) is 3. The Kier molecular flexibility index (Phi) is 3.57. The standard InChI is InChI=1S/C16H15N5/c17-8-11-4-1-2-6-13(11)14-10-20-16(18)21-15(14)12-5-3-7-19-9-12/h1-7,9-10H,8,17H2,(H2,18,20,21). The molecule has 0 amide bonds. The van der Waals surface area contributed by atoms with Crippen LogP contribution in [0.1, 0.15) is 5.56 Å². The van der Waals surface area contributed by atoms with Crippen LogP contribution in [-0.2, 0) is 6.54 Å². The summed E-state index contributed by atoms with van der Waals surface area (Å²) in [7, 11) is 0. The van der Waals surface area contributed by atoms with E-state index < -0.39 is 0 Å². The summed E-state index contributed by atoms with van der Waals surface area (Å²) in [6.07, 6.45) is 5.22. The summed E-state index contributed by atoms with van der Waals surface area (Å²) in [5.41, 5.74) is 16.2. The molecule has 0 radical (unpaired) electrons. The van der Waals surface area contributed by atoms with Crippen LogP contribution in [0.4, 0.5) is 5.95 Å². The molecule has 1 aromatic carbocycles. The number of anilines is 1. The Morgan fingerprint density at radius 1 is 0.952 bits per heavy atom. The predicted octanol–water partition coefficient (Wildman–Crippen LogP) is 2.25. The molecule has 0 aliphatic carbocycles. The molecule has 5 nitrogen and oxygen atoms in total.